The summed E-state index contributed by atoms with van der Waals surface area (Å²) in [5, 5.41) is 11.3. The summed E-state index contributed by atoms with van der Waals surface area (Å²) in [7, 11) is 0. The molecule has 1 saturated heterocycles. The molecule has 0 unspecified atom stereocenters. The summed E-state index contributed by atoms with van der Waals surface area (Å²) in [4.78, 5) is 17.7. The van der Waals surface area contributed by atoms with E-state index in [-0.39, 0.29) is 12.1 Å². The predicted octanol–water partition coefficient (Wildman–Crippen LogP) is 1.16. The van der Waals surface area contributed by atoms with Crippen molar-refractivity contribution in [3.8, 4) is 0 Å². The molecule has 0 aliphatic carbocycles. The average Bonchev–Trinajstić information content (AvgIpc) is 2.98. The number of hydrogen-bond donors (Lipinski definition) is 1. The summed E-state index contributed by atoms with van der Waals surface area (Å²) in [5.74, 6) is 0.726. The number of nitrogens with one attached hydrogen (secondary N) is 1. The highest BCUT2D eigenvalue weighted by Gasteiger charge is 2.24. The van der Waals surface area contributed by atoms with Gasteiger partial charge in [-0.25, -0.2) is 9.78 Å². The Morgan fingerprint density at radius 1 is 1.48 bits per heavy atom. The summed E-state index contributed by atoms with van der Waals surface area (Å²) < 4.78 is 6.84. The second-order valence-corrected chi connectivity index (χ2v) is 4.94. The Morgan fingerprint density at radius 2 is 2.29 bits per heavy atom. The highest BCUT2D eigenvalue weighted by Crippen LogP contribution is 2.18. The van der Waals surface area contributed by atoms with E-state index in [4.69, 9.17) is 4.74 Å². The van der Waals surface area contributed by atoms with Crippen molar-refractivity contribution in [2.24, 2.45) is 0 Å². The van der Waals surface area contributed by atoms with Gasteiger partial charge in [-0.05, 0) is 19.8 Å². The van der Waals surface area contributed by atoms with Crippen molar-refractivity contribution in [3.05, 3.63) is 18.7 Å². The van der Waals surface area contributed by atoms with Gasteiger partial charge >= 0.3 is 6.09 Å². The molecule has 0 spiro atoms. The number of fused-ring (bicyclic) bond motifs is 1. The Morgan fingerprint density at radius 3 is 3.05 bits per heavy atom. The van der Waals surface area contributed by atoms with Gasteiger partial charge in [0, 0.05) is 31.5 Å². The third-order valence-electron chi connectivity index (χ3n) is 3.58. The van der Waals surface area contributed by atoms with E-state index in [0.29, 0.717) is 25.3 Å². The minimum atomic E-state index is -0.228. The molecule has 0 atom stereocenters. The van der Waals surface area contributed by atoms with E-state index in [9.17, 15) is 4.79 Å². The fourth-order valence-electron chi connectivity index (χ4n) is 2.47. The van der Waals surface area contributed by atoms with Crippen molar-refractivity contribution in [1.82, 2.24) is 24.5 Å². The summed E-state index contributed by atoms with van der Waals surface area (Å²) in [6.07, 6.45) is 6.65. The number of amides is 1. The fourth-order valence-corrected chi connectivity index (χ4v) is 2.47. The van der Waals surface area contributed by atoms with Gasteiger partial charge in [0.15, 0.2) is 5.82 Å². The second kappa shape index (κ2) is 5.94. The molecule has 1 aliphatic rings. The number of rotatable bonds is 3. The molecule has 0 bridgehead atoms. The number of nitrogens with zero attached hydrogens (tertiary/aromatic N) is 5. The lowest BCUT2D eigenvalue weighted by Crippen LogP contribution is -2.42. The summed E-state index contributed by atoms with van der Waals surface area (Å²) in [6, 6.07) is 0.270. The first-order valence-corrected chi connectivity index (χ1v) is 7.10. The monoisotopic (exact) mass is 290 g/mol. The number of ether oxygens (including phenoxy) is 1. The Balaban J connectivity index is 1.60. The van der Waals surface area contributed by atoms with Gasteiger partial charge in [-0.2, -0.15) is 0 Å². The standard InChI is InChI=1S/C13H18N6O2/c1-2-21-13(20)18-6-3-10(4-7-18)16-11-12-17-15-9-19(12)8-5-14-11/h5,8-10H,2-4,6-7H2,1H3,(H,14,16). The van der Waals surface area contributed by atoms with Gasteiger partial charge in [0.05, 0.1) is 6.61 Å². The van der Waals surface area contributed by atoms with Gasteiger partial charge in [0.2, 0.25) is 5.65 Å². The van der Waals surface area contributed by atoms with Gasteiger partial charge < -0.3 is 15.0 Å². The molecule has 8 nitrogen and oxygen atoms in total. The molecule has 0 radical (unpaired) electrons. The minimum Gasteiger partial charge on any atom is -0.450 e. The Hall–Kier alpha value is -2.38. The zero-order chi connectivity index (χ0) is 14.7. The molecule has 3 rings (SSSR count). The fraction of sp³-hybridized carbons (Fsp3) is 0.538. The molecule has 8 heteroatoms. The molecule has 2 aromatic heterocycles. The van der Waals surface area contributed by atoms with Crippen LogP contribution in [-0.2, 0) is 4.74 Å². The van der Waals surface area contributed by atoms with Crippen molar-refractivity contribution in [2.75, 3.05) is 25.0 Å². The third kappa shape index (κ3) is 2.88. The van der Waals surface area contributed by atoms with Crippen molar-refractivity contribution in [3.63, 3.8) is 0 Å². The van der Waals surface area contributed by atoms with E-state index in [1.807, 2.05) is 17.5 Å². The number of carbonyl (C=O) groups is 1. The van der Waals surface area contributed by atoms with Crippen LogP contribution in [0.3, 0.4) is 0 Å². The maximum absolute atomic E-state index is 11.7. The molecule has 3 heterocycles. The molecule has 1 aliphatic heterocycles. The van der Waals surface area contributed by atoms with Crippen molar-refractivity contribution in [1.29, 1.82) is 0 Å². The summed E-state index contributed by atoms with van der Waals surface area (Å²) in [5.41, 5.74) is 0.713. The quantitative estimate of drug-likeness (QED) is 0.913. The highest BCUT2D eigenvalue weighted by atomic mass is 16.6. The first kappa shape index (κ1) is 13.6. The first-order valence-electron chi connectivity index (χ1n) is 7.10. The van der Waals surface area contributed by atoms with E-state index < -0.39 is 0 Å². The number of anilines is 1. The highest BCUT2D eigenvalue weighted by molar-refractivity contribution is 5.67. The smallest absolute Gasteiger partial charge is 0.409 e. The molecular formula is C13H18N6O2. The maximum Gasteiger partial charge on any atom is 0.409 e. The van der Waals surface area contributed by atoms with E-state index in [1.54, 1.807) is 17.4 Å². The zero-order valence-corrected chi connectivity index (χ0v) is 11.9. The topological polar surface area (TPSA) is 84.7 Å². The number of aromatic nitrogens is 4. The van der Waals surface area contributed by atoms with Crippen LogP contribution in [0.4, 0.5) is 10.6 Å². The predicted molar refractivity (Wildman–Crippen MR) is 76.0 cm³/mol. The van der Waals surface area contributed by atoms with Gasteiger partial charge in [0.25, 0.3) is 0 Å². The molecule has 1 N–H and O–H groups in total. The van der Waals surface area contributed by atoms with Gasteiger partial charge in [-0.1, -0.05) is 0 Å². The first-order chi connectivity index (χ1) is 10.3. The molecule has 0 saturated carbocycles. The van der Waals surface area contributed by atoms with Crippen molar-refractivity contribution < 1.29 is 9.53 Å². The second-order valence-electron chi connectivity index (χ2n) is 4.94. The van der Waals surface area contributed by atoms with Crippen molar-refractivity contribution in [2.45, 2.75) is 25.8 Å². The normalized spacial score (nSPS) is 16.1. The largest absolute Gasteiger partial charge is 0.450 e. The zero-order valence-electron chi connectivity index (χ0n) is 11.9. The van der Waals surface area contributed by atoms with Gasteiger partial charge in [-0.15, -0.1) is 10.2 Å². The molecule has 112 valence electrons. The third-order valence-corrected chi connectivity index (χ3v) is 3.58. The van der Waals surface area contributed by atoms with E-state index in [2.05, 4.69) is 20.5 Å². The molecule has 0 aromatic carbocycles. The van der Waals surface area contributed by atoms with Crippen LogP contribution in [0.5, 0.6) is 0 Å². The van der Waals surface area contributed by atoms with E-state index in [1.165, 1.54) is 0 Å². The number of piperidine rings is 1. The number of carbonyl (C=O) groups excluding carboxylic acids is 1. The van der Waals surface area contributed by atoms with Crippen LogP contribution >= 0.6 is 0 Å². The minimum absolute atomic E-state index is 0.228. The molecular weight excluding hydrogens is 272 g/mol. The maximum atomic E-state index is 11.7. The van der Waals surface area contributed by atoms with Crippen molar-refractivity contribution >= 4 is 17.6 Å². The lowest BCUT2D eigenvalue weighted by Gasteiger charge is -2.31. The Kier molecular flexibility index (Phi) is 3.85. The Bertz CT molecular complexity index is 620. The van der Waals surface area contributed by atoms with Gasteiger partial charge in [-0.3, -0.25) is 4.40 Å². The lowest BCUT2D eigenvalue weighted by molar-refractivity contribution is 0.0983. The van der Waals surface area contributed by atoms with Crippen LogP contribution in [0, 0.1) is 0 Å². The number of likely N-dealkylation sites (tertiary alicyclic amines) is 1. The lowest BCUT2D eigenvalue weighted by atomic mass is 10.1. The molecule has 1 fully saturated rings. The van der Waals surface area contributed by atoms with Crippen LogP contribution in [0.25, 0.3) is 5.65 Å². The van der Waals surface area contributed by atoms with Crippen LogP contribution in [0.2, 0.25) is 0 Å². The van der Waals surface area contributed by atoms with Crippen LogP contribution in [-0.4, -0.2) is 56.3 Å². The summed E-state index contributed by atoms with van der Waals surface area (Å²) >= 11 is 0. The molecule has 21 heavy (non-hydrogen) atoms. The van der Waals surface area contributed by atoms with Crippen LogP contribution < -0.4 is 5.32 Å². The SMILES string of the molecule is CCOC(=O)N1CCC(Nc2nccn3cnnc23)CC1. The van der Waals surface area contributed by atoms with E-state index in [0.717, 1.165) is 18.7 Å². The van der Waals surface area contributed by atoms with E-state index >= 15 is 0 Å². The Labute approximate surface area is 122 Å². The number of hydrogen-bond acceptors (Lipinski definition) is 6. The average molecular weight is 290 g/mol. The summed E-state index contributed by atoms with van der Waals surface area (Å²) in [6.45, 7) is 3.60. The van der Waals surface area contributed by atoms with Crippen LogP contribution in [0.1, 0.15) is 19.8 Å². The molecule has 1 amide bonds. The molecule has 2 aromatic rings. The van der Waals surface area contributed by atoms with Gasteiger partial charge in [0.1, 0.15) is 6.33 Å². The van der Waals surface area contributed by atoms with Crippen LogP contribution in [0.15, 0.2) is 18.7 Å².